The second kappa shape index (κ2) is 4.54. The predicted molar refractivity (Wildman–Crippen MR) is 60.1 cm³/mol. The first-order valence-corrected chi connectivity index (χ1v) is 5.28. The normalized spacial score (nSPS) is 13.4. The second-order valence-electron chi connectivity index (χ2n) is 3.19. The monoisotopic (exact) mass is 256 g/mol. The molecule has 0 bridgehead atoms. The maximum atomic E-state index is 11.6. The van der Waals surface area contributed by atoms with Gasteiger partial charge in [-0.3, -0.25) is 4.79 Å². The van der Waals surface area contributed by atoms with Crippen LogP contribution in [0, 0.1) is 0 Å². The minimum Gasteiger partial charge on any atom is -0.461 e. The Morgan fingerprint density at radius 3 is 3.00 bits per heavy atom. The van der Waals surface area contributed by atoms with E-state index in [1.165, 1.54) is 0 Å². The van der Waals surface area contributed by atoms with E-state index in [4.69, 9.17) is 16.3 Å². The van der Waals surface area contributed by atoms with Crippen LogP contribution in [0.25, 0.3) is 0 Å². The van der Waals surface area contributed by atoms with Gasteiger partial charge < -0.3 is 15.4 Å². The molecule has 90 valence electrons. The molecule has 0 saturated heterocycles. The van der Waals surface area contributed by atoms with Crippen LogP contribution in [0.2, 0.25) is 5.28 Å². The molecule has 17 heavy (non-hydrogen) atoms. The molecule has 0 aromatic carbocycles. The molecule has 7 nitrogen and oxygen atoms in total. The SMILES string of the molecule is CCOC(=O)c1nc(Cl)nc2c1NC(=O)CN2. The summed E-state index contributed by atoms with van der Waals surface area (Å²) in [5.74, 6) is -0.626. The molecule has 0 unspecified atom stereocenters. The quantitative estimate of drug-likeness (QED) is 0.597. The number of hydrogen-bond donors (Lipinski definition) is 2. The minimum absolute atomic E-state index is 0.0533. The van der Waals surface area contributed by atoms with Crippen molar-refractivity contribution in [3.05, 3.63) is 11.0 Å². The number of nitrogens with one attached hydrogen (secondary N) is 2. The largest absolute Gasteiger partial charge is 0.461 e. The highest BCUT2D eigenvalue weighted by molar-refractivity contribution is 6.28. The summed E-state index contributed by atoms with van der Waals surface area (Å²) in [6.07, 6.45) is 0. The number of fused-ring (bicyclic) bond motifs is 1. The van der Waals surface area contributed by atoms with Gasteiger partial charge in [-0.1, -0.05) is 0 Å². The zero-order valence-corrected chi connectivity index (χ0v) is 9.67. The maximum Gasteiger partial charge on any atom is 0.359 e. The highest BCUT2D eigenvalue weighted by atomic mass is 35.5. The zero-order valence-electron chi connectivity index (χ0n) is 8.91. The first-order valence-electron chi connectivity index (χ1n) is 4.90. The number of carbonyl (C=O) groups is 2. The molecular formula is C9H9ClN4O3. The first-order chi connectivity index (χ1) is 8.11. The fraction of sp³-hybridized carbons (Fsp3) is 0.333. The van der Waals surface area contributed by atoms with E-state index in [2.05, 4.69) is 20.6 Å². The molecule has 1 amide bonds. The molecule has 0 radical (unpaired) electrons. The van der Waals surface area contributed by atoms with Crippen LogP contribution in [0.4, 0.5) is 11.5 Å². The Balaban J connectivity index is 2.47. The highest BCUT2D eigenvalue weighted by Gasteiger charge is 2.25. The lowest BCUT2D eigenvalue weighted by Gasteiger charge is -2.19. The number of rotatable bonds is 2. The Labute approximate surface area is 102 Å². The summed E-state index contributed by atoms with van der Waals surface area (Å²) in [4.78, 5) is 30.5. The van der Waals surface area contributed by atoms with Gasteiger partial charge in [0.05, 0.1) is 13.2 Å². The molecule has 2 N–H and O–H groups in total. The van der Waals surface area contributed by atoms with Gasteiger partial charge in [-0.25, -0.2) is 9.78 Å². The van der Waals surface area contributed by atoms with Crippen LogP contribution in [0.3, 0.4) is 0 Å². The van der Waals surface area contributed by atoms with Crippen LogP contribution in [-0.2, 0) is 9.53 Å². The molecule has 1 aliphatic heterocycles. The van der Waals surface area contributed by atoms with Crippen molar-refractivity contribution in [3.63, 3.8) is 0 Å². The standard InChI is InChI=1S/C9H9ClN4O3/c1-2-17-8(16)6-5-7(14-9(10)13-6)11-3-4(15)12-5/h2-3H2,1H3,(H,12,15)(H,11,13,14). The van der Waals surface area contributed by atoms with Gasteiger partial charge >= 0.3 is 5.97 Å². The van der Waals surface area contributed by atoms with Crippen molar-refractivity contribution < 1.29 is 14.3 Å². The van der Waals surface area contributed by atoms with Crippen molar-refractivity contribution in [2.75, 3.05) is 23.8 Å². The van der Waals surface area contributed by atoms with Gasteiger partial charge in [0.2, 0.25) is 11.2 Å². The summed E-state index contributed by atoms with van der Waals surface area (Å²) in [5, 5.41) is 5.16. The number of esters is 1. The topological polar surface area (TPSA) is 93.2 Å². The molecule has 0 aliphatic carbocycles. The number of ether oxygens (including phenoxy) is 1. The molecule has 0 fully saturated rings. The Bertz CT molecular complexity index is 491. The van der Waals surface area contributed by atoms with Gasteiger partial charge in [-0.15, -0.1) is 0 Å². The summed E-state index contributed by atoms with van der Waals surface area (Å²) in [6.45, 7) is 1.95. The third-order valence-electron chi connectivity index (χ3n) is 2.03. The number of amides is 1. The molecule has 1 aliphatic rings. The average Bonchev–Trinajstić information content (AvgIpc) is 2.29. The molecule has 2 heterocycles. The number of nitrogens with zero attached hydrogens (tertiary/aromatic N) is 2. The van der Waals surface area contributed by atoms with Crippen molar-refractivity contribution in [3.8, 4) is 0 Å². The van der Waals surface area contributed by atoms with Crippen LogP contribution < -0.4 is 10.6 Å². The molecule has 8 heteroatoms. The van der Waals surface area contributed by atoms with Gasteiger partial charge in [-0.2, -0.15) is 4.98 Å². The van der Waals surface area contributed by atoms with E-state index in [9.17, 15) is 9.59 Å². The van der Waals surface area contributed by atoms with Crippen LogP contribution >= 0.6 is 11.6 Å². The number of aromatic nitrogens is 2. The summed E-state index contributed by atoms with van der Waals surface area (Å²) in [7, 11) is 0. The Kier molecular flexibility index (Phi) is 3.10. The molecule has 0 spiro atoms. The van der Waals surface area contributed by atoms with E-state index in [1.54, 1.807) is 6.92 Å². The molecular weight excluding hydrogens is 248 g/mol. The first kappa shape index (κ1) is 11.6. The minimum atomic E-state index is -0.656. The lowest BCUT2D eigenvalue weighted by atomic mass is 10.2. The van der Waals surface area contributed by atoms with E-state index < -0.39 is 5.97 Å². The Morgan fingerprint density at radius 2 is 2.29 bits per heavy atom. The fourth-order valence-corrected chi connectivity index (χ4v) is 1.54. The smallest absolute Gasteiger partial charge is 0.359 e. The fourth-order valence-electron chi connectivity index (χ4n) is 1.37. The van der Waals surface area contributed by atoms with Gasteiger partial charge in [0.1, 0.15) is 5.69 Å². The number of carbonyl (C=O) groups excluding carboxylic acids is 2. The molecule has 0 saturated carbocycles. The zero-order chi connectivity index (χ0) is 12.4. The van der Waals surface area contributed by atoms with Crippen molar-refractivity contribution in [2.24, 2.45) is 0 Å². The predicted octanol–water partition coefficient (Wildman–Crippen LogP) is 0.671. The summed E-state index contributed by atoms with van der Waals surface area (Å²) >= 11 is 5.68. The maximum absolute atomic E-state index is 11.6. The molecule has 0 atom stereocenters. The molecule has 1 aromatic heterocycles. The lowest BCUT2D eigenvalue weighted by Crippen LogP contribution is -2.30. The number of hydrogen-bond acceptors (Lipinski definition) is 6. The highest BCUT2D eigenvalue weighted by Crippen LogP contribution is 2.27. The van der Waals surface area contributed by atoms with E-state index in [0.717, 1.165) is 0 Å². The number of halogens is 1. The summed E-state index contributed by atoms with van der Waals surface area (Å²) in [6, 6.07) is 0. The third kappa shape index (κ3) is 2.28. The van der Waals surface area contributed by atoms with Gasteiger partial charge in [0, 0.05) is 0 Å². The third-order valence-corrected chi connectivity index (χ3v) is 2.20. The van der Waals surface area contributed by atoms with E-state index in [1.807, 2.05) is 0 Å². The van der Waals surface area contributed by atoms with Crippen LogP contribution in [0.15, 0.2) is 0 Å². The van der Waals surface area contributed by atoms with Gasteiger partial charge in [0.25, 0.3) is 0 Å². The Morgan fingerprint density at radius 1 is 1.53 bits per heavy atom. The summed E-state index contributed by atoms with van der Waals surface area (Å²) in [5.41, 5.74) is 0.145. The van der Waals surface area contributed by atoms with Crippen LogP contribution in [0.5, 0.6) is 0 Å². The van der Waals surface area contributed by atoms with Crippen molar-refractivity contribution in [1.82, 2.24) is 9.97 Å². The molecule has 2 rings (SSSR count). The van der Waals surface area contributed by atoms with E-state index in [0.29, 0.717) is 5.82 Å². The summed E-state index contributed by atoms with van der Waals surface area (Å²) < 4.78 is 4.82. The van der Waals surface area contributed by atoms with Gasteiger partial charge in [-0.05, 0) is 18.5 Å². The van der Waals surface area contributed by atoms with Gasteiger partial charge in [0.15, 0.2) is 11.5 Å². The lowest BCUT2D eigenvalue weighted by molar-refractivity contribution is -0.114. The molecule has 1 aromatic rings. The van der Waals surface area contributed by atoms with Crippen LogP contribution in [0.1, 0.15) is 17.4 Å². The Hall–Kier alpha value is -1.89. The van der Waals surface area contributed by atoms with E-state index >= 15 is 0 Å². The second-order valence-corrected chi connectivity index (χ2v) is 3.53. The van der Waals surface area contributed by atoms with E-state index in [-0.39, 0.29) is 35.7 Å². The average molecular weight is 257 g/mol. The number of anilines is 2. The van der Waals surface area contributed by atoms with Crippen molar-refractivity contribution in [2.45, 2.75) is 6.92 Å². The van der Waals surface area contributed by atoms with Crippen molar-refractivity contribution in [1.29, 1.82) is 0 Å². The van der Waals surface area contributed by atoms with Crippen LogP contribution in [-0.4, -0.2) is 35.0 Å². The van der Waals surface area contributed by atoms with Crippen molar-refractivity contribution >= 4 is 35.0 Å².